The third kappa shape index (κ3) is 2.85. The summed E-state index contributed by atoms with van der Waals surface area (Å²) in [5, 5.41) is 0. The highest BCUT2D eigenvalue weighted by Crippen LogP contribution is 2.40. The molecular weight excluding hydrogens is 222 g/mol. The van der Waals surface area contributed by atoms with Gasteiger partial charge in [-0.15, -0.1) is 0 Å². The molecule has 0 atom stereocenters. The van der Waals surface area contributed by atoms with E-state index in [9.17, 15) is 0 Å². The van der Waals surface area contributed by atoms with E-state index in [1.807, 2.05) is 6.20 Å². The summed E-state index contributed by atoms with van der Waals surface area (Å²) in [4.78, 5) is 4.58. The van der Waals surface area contributed by atoms with Gasteiger partial charge >= 0.3 is 0 Å². The van der Waals surface area contributed by atoms with E-state index in [-0.39, 0.29) is 10.8 Å². The van der Waals surface area contributed by atoms with Gasteiger partial charge in [0.2, 0.25) is 0 Å². The second-order valence-corrected chi connectivity index (χ2v) is 7.35. The molecule has 1 aromatic heterocycles. The molecule has 0 radical (unpaired) electrons. The number of hydrogen-bond acceptors (Lipinski definition) is 2. The molecule has 0 spiro atoms. The Hall–Kier alpha value is -1.05. The van der Waals surface area contributed by atoms with Crippen LogP contribution < -0.4 is 4.74 Å². The van der Waals surface area contributed by atoms with Gasteiger partial charge in [0.05, 0.1) is 11.8 Å². The van der Waals surface area contributed by atoms with E-state index in [1.165, 1.54) is 18.4 Å². The molecule has 18 heavy (non-hydrogen) atoms. The van der Waals surface area contributed by atoms with Gasteiger partial charge in [0, 0.05) is 17.2 Å². The molecule has 100 valence electrons. The fourth-order valence-electron chi connectivity index (χ4n) is 2.04. The van der Waals surface area contributed by atoms with E-state index < -0.39 is 0 Å². The number of pyridine rings is 1. The molecular formula is C16H25NO. The lowest BCUT2D eigenvalue weighted by molar-refractivity contribution is 0.283. The SMILES string of the molecule is CC(C)(C)c1ccnc(C(C)(C)C)c1OC1CC1. The van der Waals surface area contributed by atoms with Crippen LogP contribution in [0.5, 0.6) is 5.75 Å². The molecule has 2 rings (SSSR count). The van der Waals surface area contributed by atoms with Crippen molar-refractivity contribution >= 4 is 0 Å². The monoisotopic (exact) mass is 247 g/mol. The molecule has 0 saturated heterocycles. The minimum atomic E-state index is 0.0193. The molecule has 0 aromatic carbocycles. The predicted molar refractivity (Wildman–Crippen MR) is 75.3 cm³/mol. The number of ether oxygens (including phenoxy) is 1. The van der Waals surface area contributed by atoms with E-state index in [0.717, 1.165) is 11.4 Å². The van der Waals surface area contributed by atoms with Crippen LogP contribution in [0.1, 0.15) is 65.6 Å². The van der Waals surface area contributed by atoms with Crippen molar-refractivity contribution in [3.8, 4) is 5.75 Å². The zero-order valence-corrected chi connectivity index (χ0v) is 12.5. The van der Waals surface area contributed by atoms with Gasteiger partial charge < -0.3 is 4.74 Å². The van der Waals surface area contributed by atoms with Crippen molar-refractivity contribution in [2.75, 3.05) is 0 Å². The van der Waals surface area contributed by atoms with Crippen molar-refractivity contribution in [1.29, 1.82) is 0 Å². The Bertz CT molecular complexity index is 401. The van der Waals surface area contributed by atoms with E-state index >= 15 is 0 Å². The fraction of sp³-hybridized carbons (Fsp3) is 0.688. The van der Waals surface area contributed by atoms with Gasteiger partial charge in [-0.05, 0) is 24.3 Å². The molecule has 0 bridgehead atoms. The first-order valence-electron chi connectivity index (χ1n) is 6.86. The Morgan fingerprint density at radius 3 is 2.11 bits per heavy atom. The van der Waals surface area contributed by atoms with Crippen LogP contribution in [0.4, 0.5) is 0 Å². The Morgan fingerprint density at radius 2 is 1.67 bits per heavy atom. The van der Waals surface area contributed by atoms with Crippen LogP contribution in [0.3, 0.4) is 0 Å². The Morgan fingerprint density at radius 1 is 1.06 bits per heavy atom. The number of nitrogens with zero attached hydrogens (tertiary/aromatic N) is 1. The molecule has 2 heteroatoms. The van der Waals surface area contributed by atoms with Crippen LogP contribution in [0.25, 0.3) is 0 Å². The first-order chi connectivity index (χ1) is 8.19. The van der Waals surface area contributed by atoms with Crippen molar-refractivity contribution in [3.63, 3.8) is 0 Å². The summed E-state index contributed by atoms with van der Waals surface area (Å²) in [6.45, 7) is 13.3. The van der Waals surface area contributed by atoms with E-state index in [4.69, 9.17) is 4.74 Å². The van der Waals surface area contributed by atoms with Gasteiger partial charge in [-0.25, -0.2) is 0 Å². The maximum absolute atomic E-state index is 6.18. The Balaban J connectivity index is 2.52. The van der Waals surface area contributed by atoms with Crippen LogP contribution in [-0.4, -0.2) is 11.1 Å². The molecule has 1 aliphatic carbocycles. The molecule has 0 N–H and O–H groups in total. The van der Waals surface area contributed by atoms with E-state index in [2.05, 4.69) is 52.6 Å². The first-order valence-corrected chi connectivity index (χ1v) is 6.86. The molecule has 1 aliphatic rings. The lowest BCUT2D eigenvalue weighted by Crippen LogP contribution is -2.21. The summed E-state index contributed by atoms with van der Waals surface area (Å²) in [5.41, 5.74) is 2.47. The van der Waals surface area contributed by atoms with Crippen molar-refractivity contribution in [2.45, 2.75) is 71.3 Å². The Labute approximate surface area is 111 Å². The molecule has 1 heterocycles. The molecule has 1 fully saturated rings. The minimum absolute atomic E-state index is 0.0193. The zero-order chi connectivity index (χ0) is 13.6. The highest BCUT2D eigenvalue weighted by Gasteiger charge is 2.32. The average molecular weight is 247 g/mol. The maximum atomic E-state index is 6.18. The van der Waals surface area contributed by atoms with Gasteiger partial charge in [0.25, 0.3) is 0 Å². The van der Waals surface area contributed by atoms with Crippen LogP contribution >= 0.6 is 0 Å². The second-order valence-electron chi connectivity index (χ2n) is 7.35. The summed E-state index contributed by atoms with van der Waals surface area (Å²) < 4.78 is 6.18. The summed E-state index contributed by atoms with van der Waals surface area (Å²) in [6.07, 6.45) is 4.70. The predicted octanol–water partition coefficient (Wildman–Crippen LogP) is 4.22. The minimum Gasteiger partial charge on any atom is -0.488 e. The molecule has 0 aliphatic heterocycles. The van der Waals surface area contributed by atoms with Crippen LogP contribution in [0, 0.1) is 0 Å². The van der Waals surface area contributed by atoms with Gasteiger partial charge in [0.15, 0.2) is 0 Å². The van der Waals surface area contributed by atoms with Crippen LogP contribution in [0.15, 0.2) is 12.3 Å². The summed E-state index contributed by atoms with van der Waals surface area (Å²) in [6, 6.07) is 2.10. The highest BCUT2D eigenvalue weighted by atomic mass is 16.5. The highest BCUT2D eigenvalue weighted by molar-refractivity contribution is 5.44. The van der Waals surface area contributed by atoms with Crippen LogP contribution in [-0.2, 0) is 10.8 Å². The standard InChI is InChI=1S/C16H25NO/c1-15(2,3)12-9-10-17-14(16(4,5)6)13(12)18-11-7-8-11/h9-11H,7-8H2,1-6H3. The molecule has 0 unspecified atom stereocenters. The number of hydrogen-bond donors (Lipinski definition) is 0. The second kappa shape index (κ2) is 4.25. The topological polar surface area (TPSA) is 22.1 Å². The normalized spacial score (nSPS) is 16.8. The number of aromatic nitrogens is 1. The van der Waals surface area contributed by atoms with Crippen molar-refractivity contribution in [1.82, 2.24) is 4.98 Å². The molecule has 2 nitrogen and oxygen atoms in total. The van der Waals surface area contributed by atoms with E-state index in [1.54, 1.807) is 0 Å². The summed E-state index contributed by atoms with van der Waals surface area (Å²) in [5.74, 6) is 1.03. The van der Waals surface area contributed by atoms with Crippen molar-refractivity contribution in [2.24, 2.45) is 0 Å². The average Bonchev–Trinajstić information content (AvgIpc) is 2.98. The smallest absolute Gasteiger partial charge is 0.145 e. The van der Waals surface area contributed by atoms with Gasteiger partial charge in [-0.2, -0.15) is 0 Å². The first kappa shape index (κ1) is 13.4. The Kier molecular flexibility index (Phi) is 3.16. The van der Waals surface area contributed by atoms with Gasteiger partial charge in [-0.1, -0.05) is 41.5 Å². The van der Waals surface area contributed by atoms with Gasteiger partial charge in [-0.3, -0.25) is 4.98 Å². The quantitative estimate of drug-likeness (QED) is 0.780. The third-order valence-corrected chi connectivity index (χ3v) is 3.23. The maximum Gasteiger partial charge on any atom is 0.145 e. The molecule has 1 saturated carbocycles. The third-order valence-electron chi connectivity index (χ3n) is 3.23. The van der Waals surface area contributed by atoms with Crippen molar-refractivity contribution in [3.05, 3.63) is 23.5 Å². The fourth-order valence-corrected chi connectivity index (χ4v) is 2.04. The largest absolute Gasteiger partial charge is 0.488 e. The number of rotatable bonds is 2. The lowest BCUT2D eigenvalue weighted by Gasteiger charge is -2.28. The zero-order valence-electron chi connectivity index (χ0n) is 12.5. The van der Waals surface area contributed by atoms with E-state index in [0.29, 0.717) is 6.10 Å². The molecule has 1 aromatic rings. The van der Waals surface area contributed by atoms with Crippen molar-refractivity contribution < 1.29 is 4.74 Å². The molecule has 0 amide bonds. The van der Waals surface area contributed by atoms with Gasteiger partial charge in [0.1, 0.15) is 5.75 Å². The van der Waals surface area contributed by atoms with Crippen LogP contribution in [0.2, 0.25) is 0 Å². The summed E-state index contributed by atoms with van der Waals surface area (Å²) >= 11 is 0. The summed E-state index contributed by atoms with van der Waals surface area (Å²) in [7, 11) is 0. The lowest BCUT2D eigenvalue weighted by atomic mass is 9.82.